The highest BCUT2D eigenvalue weighted by molar-refractivity contribution is 7.92. The molecule has 5 nitrogen and oxygen atoms in total. The van der Waals surface area contributed by atoms with Crippen LogP contribution in [-0.4, -0.2) is 15.5 Å². The number of sulfonamides is 1. The molecule has 1 heterocycles. The quantitative estimate of drug-likeness (QED) is 0.454. The molecular weight excluding hydrogens is 444 g/mol. The molecule has 0 saturated heterocycles. The van der Waals surface area contributed by atoms with Crippen molar-refractivity contribution in [2.75, 3.05) is 17.1 Å². The van der Waals surface area contributed by atoms with Crippen LogP contribution in [0.3, 0.4) is 0 Å². The predicted octanol–water partition coefficient (Wildman–Crippen LogP) is 5.98. The summed E-state index contributed by atoms with van der Waals surface area (Å²) < 4.78 is 34.3. The number of benzene rings is 3. The Morgan fingerprint density at radius 1 is 1.03 bits per heavy atom. The second-order valence-electron chi connectivity index (χ2n) is 8.08. The summed E-state index contributed by atoms with van der Waals surface area (Å²) in [6, 6.07) is 20.1. The Kier molecular flexibility index (Phi) is 5.35. The number of allylic oxidation sites excluding steroid dienone is 2. The topological polar surface area (TPSA) is 67.4 Å². The van der Waals surface area contributed by atoms with Gasteiger partial charge in [0.15, 0.2) is 0 Å². The van der Waals surface area contributed by atoms with Crippen molar-refractivity contribution in [2.24, 2.45) is 5.92 Å². The zero-order valence-corrected chi connectivity index (χ0v) is 19.0. The highest BCUT2D eigenvalue weighted by atomic mass is 35.5. The van der Waals surface area contributed by atoms with Crippen LogP contribution in [-0.2, 0) is 10.0 Å². The number of para-hydroxylation sites is 1. The van der Waals surface area contributed by atoms with Gasteiger partial charge in [0.25, 0.3) is 10.0 Å². The lowest BCUT2D eigenvalue weighted by Gasteiger charge is -2.38. The van der Waals surface area contributed by atoms with E-state index in [1.165, 1.54) is 0 Å². The second kappa shape index (κ2) is 8.19. The molecule has 0 saturated carbocycles. The maximum atomic E-state index is 13.1. The number of methoxy groups -OCH3 is 1. The minimum Gasteiger partial charge on any atom is -0.496 e. The van der Waals surface area contributed by atoms with Gasteiger partial charge in [-0.1, -0.05) is 48.0 Å². The smallest absolute Gasteiger partial charge is 0.261 e. The summed E-state index contributed by atoms with van der Waals surface area (Å²) in [5.74, 6) is 1.25. The monoisotopic (exact) mass is 466 g/mol. The fourth-order valence-corrected chi connectivity index (χ4v) is 6.01. The molecule has 0 aromatic heterocycles. The average Bonchev–Trinajstić information content (AvgIpc) is 3.28. The molecule has 1 aliphatic carbocycles. The summed E-state index contributed by atoms with van der Waals surface area (Å²) in [5.41, 5.74) is 3.47. The lowest BCUT2D eigenvalue weighted by molar-refractivity contribution is 0.381. The summed E-state index contributed by atoms with van der Waals surface area (Å²) >= 11 is 6.00. The van der Waals surface area contributed by atoms with E-state index in [1.54, 1.807) is 43.5 Å². The molecule has 164 valence electrons. The van der Waals surface area contributed by atoms with Crippen LogP contribution in [0.2, 0.25) is 5.02 Å². The minimum atomic E-state index is -3.75. The lowest BCUT2D eigenvalue weighted by atomic mass is 9.77. The molecule has 0 amide bonds. The van der Waals surface area contributed by atoms with Crippen LogP contribution >= 0.6 is 11.6 Å². The van der Waals surface area contributed by atoms with Gasteiger partial charge in [-0.3, -0.25) is 4.72 Å². The number of ether oxygens (including phenoxy) is 1. The van der Waals surface area contributed by atoms with Gasteiger partial charge in [0, 0.05) is 22.2 Å². The third-order valence-corrected chi connectivity index (χ3v) is 7.81. The van der Waals surface area contributed by atoms with Crippen LogP contribution in [0.15, 0.2) is 83.8 Å². The van der Waals surface area contributed by atoms with E-state index in [0.717, 1.165) is 29.0 Å². The van der Waals surface area contributed by atoms with Gasteiger partial charge in [-0.15, -0.1) is 0 Å². The van der Waals surface area contributed by atoms with Crippen molar-refractivity contribution >= 4 is 33.0 Å². The Morgan fingerprint density at radius 3 is 2.69 bits per heavy atom. The number of hydrogen-bond donors (Lipinski definition) is 2. The van der Waals surface area contributed by atoms with Crippen LogP contribution in [0.5, 0.6) is 5.75 Å². The maximum absolute atomic E-state index is 13.1. The summed E-state index contributed by atoms with van der Waals surface area (Å²) in [6.07, 6.45) is 5.28. The Balaban J connectivity index is 1.50. The van der Waals surface area contributed by atoms with Crippen molar-refractivity contribution in [2.45, 2.75) is 23.3 Å². The van der Waals surface area contributed by atoms with Gasteiger partial charge in [-0.2, -0.15) is 0 Å². The number of fused-ring (bicyclic) bond motifs is 3. The van der Waals surface area contributed by atoms with Crippen molar-refractivity contribution in [1.29, 1.82) is 0 Å². The normalized spacial score (nSPS) is 21.4. The van der Waals surface area contributed by atoms with E-state index < -0.39 is 10.0 Å². The molecule has 3 aromatic rings. The van der Waals surface area contributed by atoms with Crippen LogP contribution in [0.4, 0.5) is 11.4 Å². The highest BCUT2D eigenvalue weighted by Crippen LogP contribution is 2.51. The molecule has 0 spiro atoms. The van der Waals surface area contributed by atoms with E-state index in [-0.39, 0.29) is 22.8 Å². The van der Waals surface area contributed by atoms with Gasteiger partial charge in [0.05, 0.1) is 23.7 Å². The van der Waals surface area contributed by atoms with Crippen molar-refractivity contribution < 1.29 is 13.2 Å². The largest absolute Gasteiger partial charge is 0.496 e. The van der Waals surface area contributed by atoms with Crippen LogP contribution in [0, 0.1) is 5.92 Å². The van der Waals surface area contributed by atoms with Crippen molar-refractivity contribution in [3.05, 3.63) is 95.0 Å². The number of nitrogens with one attached hydrogen (secondary N) is 2. The van der Waals surface area contributed by atoms with Crippen molar-refractivity contribution in [3.63, 3.8) is 0 Å². The zero-order valence-electron chi connectivity index (χ0n) is 17.5. The van der Waals surface area contributed by atoms with E-state index in [1.807, 2.05) is 24.3 Å². The highest BCUT2D eigenvalue weighted by Gasteiger charge is 2.39. The minimum absolute atomic E-state index is 0.0747. The molecular formula is C25H23ClN2O3S. The molecule has 32 heavy (non-hydrogen) atoms. The van der Waals surface area contributed by atoms with E-state index in [9.17, 15) is 8.42 Å². The fourth-order valence-electron chi connectivity index (χ4n) is 4.74. The first-order valence-electron chi connectivity index (χ1n) is 10.4. The summed E-state index contributed by atoms with van der Waals surface area (Å²) in [6.45, 7) is 0. The molecule has 0 unspecified atom stereocenters. The number of halogens is 1. The third-order valence-electron chi connectivity index (χ3n) is 6.20. The molecule has 1 aliphatic heterocycles. The summed E-state index contributed by atoms with van der Waals surface area (Å²) in [5, 5.41) is 4.12. The van der Waals surface area contributed by atoms with Crippen LogP contribution in [0.25, 0.3) is 0 Å². The van der Waals surface area contributed by atoms with Crippen molar-refractivity contribution in [3.8, 4) is 5.75 Å². The molecule has 0 radical (unpaired) electrons. The SMILES string of the molecule is COc1ccccc1[C@H]1Nc2ccc(S(=O)(=O)Nc3cccc(Cl)c3)cc2[C@H]2C=CC[C@H]21. The zero-order chi connectivity index (χ0) is 22.3. The van der Waals surface area contributed by atoms with Gasteiger partial charge >= 0.3 is 0 Å². The van der Waals surface area contributed by atoms with E-state index in [2.05, 4.69) is 28.3 Å². The maximum Gasteiger partial charge on any atom is 0.261 e. The molecule has 7 heteroatoms. The first-order chi connectivity index (χ1) is 15.5. The van der Waals surface area contributed by atoms with E-state index in [4.69, 9.17) is 16.3 Å². The molecule has 2 N–H and O–H groups in total. The number of rotatable bonds is 5. The molecule has 0 bridgehead atoms. The Morgan fingerprint density at radius 2 is 1.88 bits per heavy atom. The number of hydrogen-bond acceptors (Lipinski definition) is 4. The fraction of sp³-hybridized carbons (Fsp3) is 0.200. The van der Waals surface area contributed by atoms with E-state index >= 15 is 0 Å². The van der Waals surface area contributed by atoms with Crippen molar-refractivity contribution in [1.82, 2.24) is 0 Å². The third kappa shape index (κ3) is 3.74. The molecule has 5 rings (SSSR count). The van der Waals surface area contributed by atoms with Crippen LogP contribution < -0.4 is 14.8 Å². The van der Waals surface area contributed by atoms with Gasteiger partial charge < -0.3 is 10.1 Å². The number of anilines is 2. The first kappa shape index (κ1) is 20.9. The Hall–Kier alpha value is -2.96. The first-order valence-corrected chi connectivity index (χ1v) is 12.3. The summed E-state index contributed by atoms with van der Waals surface area (Å²) in [4.78, 5) is 0.229. The predicted molar refractivity (Wildman–Crippen MR) is 128 cm³/mol. The van der Waals surface area contributed by atoms with E-state index in [0.29, 0.717) is 10.7 Å². The Labute approximate surface area is 193 Å². The Bertz CT molecular complexity index is 1310. The van der Waals surface area contributed by atoms with Gasteiger partial charge in [-0.05, 0) is 60.4 Å². The molecule has 3 atom stereocenters. The standard InChI is InChI=1S/C25H23ClN2O3S/c1-31-24-11-3-2-8-21(24)25-20-10-5-9-19(20)22-15-18(12-13-23(22)27-25)32(29,30)28-17-7-4-6-16(26)14-17/h2-9,11-15,19-20,25,27-28H,10H2,1H3/t19-,20+,25-/m0/s1. The molecule has 0 fully saturated rings. The van der Waals surface area contributed by atoms with Gasteiger partial charge in [0.2, 0.25) is 0 Å². The second-order valence-corrected chi connectivity index (χ2v) is 10.2. The lowest BCUT2D eigenvalue weighted by Crippen LogP contribution is -2.29. The molecule has 2 aliphatic rings. The van der Waals surface area contributed by atoms with Crippen LogP contribution in [0.1, 0.15) is 29.5 Å². The van der Waals surface area contributed by atoms with Gasteiger partial charge in [-0.25, -0.2) is 8.42 Å². The summed E-state index contributed by atoms with van der Waals surface area (Å²) in [7, 11) is -2.06. The molecule has 3 aromatic carbocycles. The van der Waals surface area contributed by atoms with Gasteiger partial charge in [0.1, 0.15) is 5.75 Å². The average molecular weight is 467 g/mol.